The molecule has 0 heterocycles. The minimum Gasteiger partial charge on any atom is -0.388 e. The molecule has 2 unspecified atom stereocenters. The largest absolute Gasteiger partial charge is 0.388 e. The molecule has 0 bridgehead atoms. The minimum absolute atomic E-state index is 0.00830. The van der Waals surface area contributed by atoms with Gasteiger partial charge in [0, 0.05) is 25.0 Å². The molecule has 0 aromatic heterocycles. The van der Waals surface area contributed by atoms with Crippen molar-refractivity contribution in [3.05, 3.63) is 79.9 Å². The number of benzene rings is 2. The number of nitro benzene ring substituents is 2. The van der Waals surface area contributed by atoms with Crippen LogP contribution in [0.2, 0.25) is 0 Å². The molecule has 2 rings (SSSR count). The second kappa shape index (κ2) is 8.28. The third kappa shape index (κ3) is 4.47. The highest BCUT2D eigenvalue weighted by atomic mass is 16.6. The monoisotopic (exact) mass is 360 g/mol. The van der Waals surface area contributed by atoms with E-state index in [1.165, 1.54) is 48.5 Å². The maximum Gasteiger partial charge on any atom is 0.275 e. The Balaban J connectivity index is 2.10. The van der Waals surface area contributed by atoms with E-state index in [1.54, 1.807) is 0 Å². The van der Waals surface area contributed by atoms with Crippen molar-refractivity contribution in [1.82, 2.24) is 0 Å². The average Bonchev–Trinajstić information content (AvgIpc) is 2.61. The van der Waals surface area contributed by atoms with Crippen LogP contribution in [0.3, 0.4) is 0 Å². The number of carbonyl (C=O) groups excluding carboxylic acids is 1. The Morgan fingerprint density at radius 3 is 1.50 bits per heavy atom. The molecule has 0 saturated heterocycles. The Kier molecular flexibility index (Phi) is 6.10. The molecule has 2 aromatic rings. The number of ketones is 1. The predicted molar refractivity (Wildman–Crippen MR) is 90.4 cm³/mol. The quantitative estimate of drug-likeness (QED) is 0.544. The Labute approximate surface area is 147 Å². The highest BCUT2D eigenvalue weighted by Gasteiger charge is 2.25. The molecule has 0 radical (unpaired) electrons. The predicted octanol–water partition coefficient (Wildman–Crippen LogP) is 2.62. The molecule has 0 aliphatic heterocycles. The summed E-state index contributed by atoms with van der Waals surface area (Å²) in [6, 6.07) is 11.0. The summed E-state index contributed by atoms with van der Waals surface area (Å²) in [5.41, 5.74) is -0.642. The number of para-hydroxylation sites is 2. The molecule has 0 amide bonds. The summed E-state index contributed by atoms with van der Waals surface area (Å²) in [5, 5.41) is 42.2. The highest BCUT2D eigenvalue weighted by Crippen LogP contribution is 2.30. The van der Waals surface area contributed by atoms with Crippen molar-refractivity contribution in [2.75, 3.05) is 0 Å². The van der Waals surface area contributed by atoms with Crippen molar-refractivity contribution in [2.45, 2.75) is 25.0 Å². The van der Waals surface area contributed by atoms with E-state index in [4.69, 9.17) is 0 Å². The van der Waals surface area contributed by atoms with Crippen LogP contribution in [-0.4, -0.2) is 25.8 Å². The van der Waals surface area contributed by atoms with Crippen molar-refractivity contribution < 1.29 is 24.9 Å². The maximum atomic E-state index is 12.1. The smallest absolute Gasteiger partial charge is 0.275 e. The molecule has 26 heavy (non-hydrogen) atoms. The van der Waals surface area contributed by atoms with E-state index in [1.807, 2.05) is 0 Å². The molecule has 9 nitrogen and oxygen atoms in total. The number of aliphatic hydroxyl groups excluding tert-OH is 2. The number of aliphatic hydroxyl groups is 2. The van der Waals surface area contributed by atoms with Gasteiger partial charge in [-0.05, 0) is 12.1 Å². The van der Waals surface area contributed by atoms with Gasteiger partial charge in [-0.1, -0.05) is 24.3 Å². The number of Topliss-reactive ketones (excluding diaryl/α,β-unsaturated/α-hetero) is 1. The molecule has 0 fully saturated rings. The Bertz CT molecular complexity index is 770. The lowest BCUT2D eigenvalue weighted by Crippen LogP contribution is -2.13. The molecule has 0 aliphatic carbocycles. The molecular weight excluding hydrogens is 344 g/mol. The van der Waals surface area contributed by atoms with Crippen LogP contribution in [0.15, 0.2) is 48.5 Å². The number of nitro groups is 2. The van der Waals surface area contributed by atoms with Gasteiger partial charge >= 0.3 is 0 Å². The van der Waals surface area contributed by atoms with Gasteiger partial charge in [0.2, 0.25) is 0 Å². The van der Waals surface area contributed by atoms with Gasteiger partial charge < -0.3 is 10.2 Å². The first-order chi connectivity index (χ1) is 12.3. The van der Waals surface area contributed by atoms with Gasteiger partial charge in [0.15, 0.2) is 0 Å². The molecule has 0 aliphatic rings. The number of carbonyl (C=O) groups is 1. The second-order valence-electron chi connectivity index (χ2n) is 5.61. The van der Waals surface area contributed by atoms with E-state index >= 15 is 0 Å². The zero-order chi connectivity index (χ0) is 19.3. The van der Waals surface area contributed by atoms with Crippen LogP contribution in [0.1, 0.15) is 36.2 Å². The molecule has 0 saturated carbocycles. The fourth-order valence-corrected chi connectivity index (χ4v) is 2.61. The Morgan fingerprint density at radius 1 is 0.808 bits per heavy atom. The molecule has 136 valence electrons. The van der Waals surface area contributed by atoms with Crippen molar-refractivity contribution in [3.8, 4) is 0 Å². The van der Waals surface area contributed by atoms with E-state index in [-0.39, 0.29) is 22.5 Å². The zero-order valence-electron chi connectivity index (χ0n) is 13.5. The first kappa shape index (κ1) is 19.2. The van der Waals surface area contributed by atoms with Crippen LogP contribution < -0.4 is 0 Å². The van der Waals surface area contributed by atoms with Crippen molar-refractivity contribution in [2.24, 2.45) is 0 Å². The van der Waals surface area contributed by atoms with Crippen molar-refractivity contribution in [1.29, 1.82) is 0 Å². The van der Waals surface area contributed by atoms with Crippen LogP contribution in [0, 0.1) is 20.2 Å². The molecule has 9 heteroatoms. The minimum atomic E-state index is -1.41. The van der Waals surface area contributed by atoms with Crippen LogP contribution >= 0.6 is 0 Å². The molecule has 2 atom stereocenters. The van der Waals surface area contributed by atoms with Crippen LogP contribution in [0.5, 0.6) is 0 Å². The third-order valence-electron chi connectivity index (χ3n) is 3.83. The number of rotatable bonds is 8. The lowest BCUT2D eigenvalue weighted by Gasteiger charge is -2.13. The summed E-state index contributed by atoms with van der Waals surface area (Å²) >= 11 is 0. The summed E-state index contributed by atoms with van der Waals surface area (Å²) in [6.45, 7) is 0. The molecular formula is C17H16N2O7. The van der Waals surface area contributed by atoms with Gasteiger partial charge in [0.1, 0.15) is 5.78 Å². The third-order valence-corrected chi connectivity index (χ3v) is 3.83. The molecule has 2 N–H and O–H groups in total. The van der Waals surface area contributed by atoms with E-state index in [9.17, 15) is 35.2 Å². The van der Waals surface area contributed by atoms with E-state index in [0.29, 0.717) is 0 Å². The first-order valence-electron chi connectivity index (χ1n) is 7.65. The Morgan fingerprint density at radius 2 is 1.15 bits per heavy atom. The summed E-state index contributed by atoms with van der Waals surface area (Å²) in [4.78, 5) is 32.8. The van der Waals surface area contributed by atoms with Gasteiger partial charge in [-0.3, -0.25) is 25.0 Å². The van der Waals surface area contributed by atoms with Crippen molar-refractivity contribution in [3.63, 3.8) is 0 Å². The standard InChI is InChI=1S/C17H16N2O7/c20-11(9-16(21)12-5-1-3-7-14(12)18(23)24)10-17(22)13-6-2-4-8-15(13)19(25)26/h1-8,16-17,21-22H,9-10H2. The maximum absolute atomic E-state index is 12.1. The SMILES string of the molecule is O=C(CC(O)c1ccccc1[N+](=O)[O-])CC(O)c1ccccc1[N+](=O)[O-]. The van der Waals surface area contributed by atoms with Crippen molar-refractivity contribution >= 4 is 17.2 Å². The van der Waals surface area contributed by atoms with Crippen LogP contribution in [0.25, 0.3) is 0 Å². The number of hydrogen-bond acceptors (Lipinski definition) is 7. The zero-order valence-corrected chi connectivity index (χ0v) is 13.5. The first-order valence-corrected chi connectivity index (χ1v) is 7.65. The van der Waals surface area contributed by atoms with Gasteiger partial charge in [0.05, 0.1) is 33.2 Å². The summed E-state index contributed by atoms with van der Waals surface area (Å²) in [7, 11) is 0. The van der Waals surface area contributed by atoms with Crippen LogP contribution in [0.4, 0.5) is 11.4 Å². The van der Waals surface area contributed by atoms with Gasteiger partial charge in [0.25, 0.3) is 11.4 Å². The number of nitrogens with zero attached hydrogens (tertiary/aromatic N) is 2. The summed E-state index contributed by atoms with van der Waals surface area (Å²) < 4.78 is 0. The fraction of sp³-hybridized carbons (Fsp3) is 0.235. The average molecular weight is 360 g/mol. The van der Waals surface area contributed by atoms with E-state index < -0.39 is 40.7 Å². The lowest BCUT2D eigenvalue weighted by molar-refractivity contribution is -0.386. The lowest BCUT2D eigenvalue weighted by atomic mass is 9.97. The van der Waals surface area contributed by atoms with Gasteiger partial charge in [-0.25, -0.2) is 0 Å². The summed E-state index contributed by atoms with van der Waals surface area (Å²) in [6.07, 6.45) is -3.74. The number of hydrogen-bond donors (Lipinski definition) is 2. The second-order valence-corrected chi connectivity index (χ2v) is 5.61. The topological polar surface area (TPSA) is 144 Å². The van der Waals surface area contributed by atoms with E-state index in [2.05, 4.69) is 0 Å². The van der Waals surface area contributed by atoms with Crippen LogP contribution in [-0.2, 0) is 4.79 Å². The fourth-order valence-electron chi connectivity index (χ4n) is 2.61. The van der Waals surface area contributed by atoms with E-state index in [0.717, 1.165) is 0 Å². The molecule has 0 spiro atoms. The Hall–Kier alpha value is -3.17. The summed E-state index contributed by atoms with van der Waals surface area (Å²) in [5.74, 6) is -0.582. The normalized spacial score (nSPS) is 13.0. The molecule has 2 aromatic carbocycles. The van der Waals surface area contributed by atoms with Gasteiger partial charge in [-0.2, -0.15) is 0 Å². The highest BCUT2D eigenvalue weighted by molar-refractivity contribution is 5.80. The van der Waals surface area contributed by atoms with Gasteiger partial charge in [-0.15, -0.1) is 0 Å².